The topological polar surface area (TPSA) is 80.5 Å². The first-order valence-electron chi connectivity index (χ1n) is 5.93. The van der Waals surface area contributed by atoms with E-state index in [-0.39, 0.29) is 11.3 Å². The Morgan fingerprint density at radius 2 is 2.20 bits per heavy atom. The van der Waals surface area contributed by atoms with Crippen LogP contribution >= 0.6 is 11.8 Å². The summed E-state index contributed by atoms with van der Waals surface area (Å²) in [5, 5.41) is -0.847. The van der Waals surface area contributed by atoms with Crippen molar-refractivity contribution in [2.45, 2.75) is 5.37 Å². The molecule has 1 heterocycles. The van der Waals surface area contributed by atoms with E-state index in [2.05, 4.69) is 0 Å². The highest BCUT2D eigenvalue weighted by atomic mass is 32.2. The molecule has 110 valence electrons. The fourth-order valence-corrected chi connectivity index (χ4v) is 4.83. The average molecular weight is 318 g/mol. The number of amides is 1. The number of carbonyl (C=O) groups is 1. The number of benzene rings is 1. The maximum Gasteiger partial charge on any atom is 0.255 e. The highest BCUT2D eigenvalue weighted by Crippen LogP contribution is 2.23. The molecule has 0 aliphatic carbocycles. The predicted octanol–water partition coefficient (Wildman–Crippen LogP) is 0.968. The van der Waals surface area contributed by atoms with E-state index in [0.29, 0.717) is 18.1 Å². The van der Waals surface area contributed by atoms with E-state index in [1.807, 2.05) is 0 Å². The van der Waals surface area contributed by atoms with E-state index < -0.39 is 26.9 Å². The summed E-state index contributed by atoms with van der Waals surface area (Å²) in [7, 11) is -3.37. The largest absolute Gasteiger partial charge is 0.396 e. The molecule has 2 rings (SSSR count). The van der Waals surface area contributed by atoms with Gasteiger partial charge in [-0.05, 0) is 18.2 Å². The molecule has 0 aromatic heterocycles. The standard InChI is InChI=1S/C12H15FN2O3S2/c1-20(17,18)11-7-19-5-4-15(11)12(16)8-2-3-9(13)10(14)6-8/h2-3,6,11H,4-5,7,14H2,1H3. The molecule has 1 unspecified atom stereocenters. The molecule has 0 saturated carbocycles. The Labute approximate surface area is 121 Å². The second-order valence-corrected chi connectivity index (χ2v) is 7.95. The van der Waals surface area contributed by atoms with Gasteiger partial charge in [-0.1, -0.05) is 0 Å². The molecule has 1 fully saturated rings. The van der Waals surface area contributed by atoms with Crippen molar-refractivity contribution in [2.24, 2.45) is 0 Å². The van der Waals surface area contributed by atoms with Crippen LogP contribution in [0.15, 0.2) is 18.2 Å². The quantitative estimate of drug-likeness (QED) is 0.822. The molecule has 0 spiro atoms. The highest BCUT2D eigenvalue weighted by molar-refractivity contribution is 8.00. The van der Waals surface area contributed by atoms with E-state index in [9.17, 15) is 17.6 Å². The van der Waals surface area contributed by atoms with Crippen LogP contribution in [0.25, 0.3) is 0 Å². The second kappa shape index (κ2) is 5.61. The van der Waals surface area contributed by atoms with Crippen LogP contribution in [0.4, 0.5) is 10.1 Å². The van der Waals surface area contributed by atoms with Gasteiger partial charge in [-0.3, -0.25) is 4.79 Å². The lowest BCUT2D eigenvalue weighted by molar-refractivity contribution is 0.0749. The third-order valence-corrected chi connectivity index (χ3v) is 5.73. The molecule has 0 bridgehead atoms. The first-order valence-corrected chi connectivity index (χ1v) is 9.04. The first kappa shape index (κ1) is 15.1. The molecule has 1 aromatic carbocycles. The summed E-state index contributed by atoms with van der Waals surface area (Å²) in [6.45, 7) is 0.346. The van der Waals surface area contributed by atoms with Crippen LogP contribution in [0.2, 0.25) is 0 Å². The molecular weight excluding hydrogens is 303 g/mol. The van der Waals surface area contributed by atoms with Crippen LogP contribution in [0.5, 0.6) is 0 Å². The van der Waals surface area contributed by atoms with Crippen LogP contribution in [-0.4, -0.2) is 48.9 Å². The number of nitrogens with zero attached hydrogens (tertiary/aromatic N) is 1. The van der Waals surface area contributed by atoms with Crippen LogP contribution in [0, 0.1) is 5.82 Å². The number of hydrogen-bond donors (Lipinski definition) is 1. The Morgan fingerprint density at radius 3 is 2.80 bits per heavy atom. The van der Waals surface area contributed by atoms with Gasteiger partial charge in [0.1, 0.15) is 11.2 Å². The minimum atomic E-state index is -3.37. The summed E-state index contributed by atoms with van der Waals surface area (Å²) in [6, 6.07) is 3.66. The number of nitrogens with two attached hydrogens (primary N) is 1. The van der Waals surface area contributed by atoms with Crippen LogP contribution in [0.3, 0.4) is 0 Å². The van der Waals surface area contributed by atoms with Crippen molar-refractivity contribution in [3.8, 4) is 0 Å². The van der Waals surface area contributed by atoms with Crippen molar-refractivity contribution in [1.82, 2.24) is 4.90 Å². The lowest BCUT2D eigenvalue weighted by Gasteiger charge is -2.34. The van der Waals surface area contributed by atoms with Gasteiger partial charge >= 0.3 is 0 Å². The average Bonchev–Trinajstić information content (AvgIpc) is 2.40. The summed E-state index contributed by atoms with van der Waals surface area (Å²) in [6.07, 6.45) is 1.11. The Balaban J connectivity index is 2.32. The lowest BCUT2D eigenvalue weighted by atomic mass is 10.1. The van der Waals surface area contributed by atoms with E-state index in [1.165, 1.54) is 28.8 Å². The zero-order chi connectivity index (χ0) is 14.9. The number of anilines is 1. The summed E-state index contributed by atoms with van der Waals surface area (Å²) in [4.78, 5) is 13.7. The minimum absolute atomic E-state index is 0.127. The molecule has 0 radical (unpaired) electrons. The van der Waals surface area contributed by atoms with Crippen molar-refractivity contribution >= 4 is 33.2 Å². The first-order chi connectivity index (χ1) is 9.30. The third kappa shape index (κ3) is 3.06. The minimum Gasteiger partial charge on any atom is -0.396 e. The van der Waals surface area contributed by atoms with Crippen molar-refractivity contribution in [3.63, 3.8) is 0 Å². The summed E-state index contributed by atoms with van der Waals surface area (Å²) in [5.74, 6) is -0.0155. The number of hydrogen-bond acceptors (Lipinski definition) is 5. The van der Waals surface area contributed by atoms with Gasteiger partial charge in [0.25, 0.3) is 5.91 Å². The summed E-state index contributed by atoms with van der Waals surface area (Å²) >= 11 is 1.49. The van der Waals surface area contributed by atoms with Gasteiger partial charge in [-0.15, -0.1) is 0 Å². The SMILES string of the molecule is CS(=O)(=O)C1CSCCN1C(=O)c1ccc(F)c(N)c1. The molecule has 5 nitrogen and oxygen atoms in total. The van der Waals surface area contributed by atoms with E-state index in [4.69, 9.17) is 5.73 Å². The zero-order valence-electron chi connectivity index (χ0n) is 10.9. The van der Waals surface area contributed by atoms with Crippen molar-refractivity contribution in [3.05, 3.63) is 29.6 Å². The van der Waals surface area contributed by atoms with E-state index in [0.717, 1.165) is 12.3 Å². The van der Waals surface area contributed by atoms with E-state index >= 15 is 0 Å². The molecule has 1 atom stereocenters. The zero-order valence-corrected chi connectivity index (χ0v) is 12.5. The lowest BCUT2D eigenvalue weighted by Crippen LogP contribution is -2.49. The number of halogens is 1. The molecule has 1 aromatic rings. The number of nitrogen functional groups attached to an aromatic ring is 1. The Kier molecular flexibility index (Phi) is 4.24. The monoisotopic (exact) mass is 318 g/mol. The molecule has 1 saturated heterocycles. The molecule has 2 N–H and O–H groups in total. The van der Waals surface area contributed by atoms with Crippen molar-refractivity contribution < 1.29 is 17.6 Å². The van der Waals surface area contributed by atoms with E-state index in [1.54, 1.807) is 0 Å². The molecule has 20 heavy (non-hydrogen) atoms. The second-order valence-electron chi connectivity index (χ2n) is 4.59. The van der Waals surface area contributed by atoms with Crippen LogP contribution < -0.4 is 5.73 Å². The number of thioether (sulfide) groups is 1. The molecule has 1 aliphatic heterocycles. The Morgan fingerprint density at radius 1 is 1.50 bits per heavy atom. The Hall–Kier alpha value is -1.28. The van der Waals surface area contributed by atoms with Gasteiger partial charge < -0.3 is 10.6 Å². The van der Waals surface area contributed by atoms with Gasteiger partial charge in [0, 0.05) is 29.9 Å². The maximum absolute atomic E-state index is 13.1. The van der Waals surface area contributed by atoms with Crippen molar-refractivity contribution in [1.29, 1.82) is 0 Å². The summed E-state index contributed by atoms with van der Waals surface area (Å²) in [5.41, 5.74) is 5.51. The van der Waals surface area contributed by atoms with Gasteiger partial charge in [0.05, 0.1) is 5.69 Å². The fourth-order valence-electron chi connectivity index (χ4n) is 2.01. The number of sulfone groups is 1. The van der Waals surface area contributed by atoms with Gasteiger partial charge in [0.15, 0.2) is 9.84 Å². The van der Waals surface area contributed by atoms with Gasteiger partial charge in [-0.2, -0.15) is 11.8 Å². The number of rotatable bonds is 2. The summed E-state index contributed by atoms with van der Waals surface area (Å²) < 4.78 is 36.6. The fraction of sp³-hybridized carbons (Fsp3) is 0.417. The van der Waals surface area contributed by atoms with Gasteiger partial charge in [0.2, 0.25) is 0 Å². The molecule has 1 amide bonds. The molecule has 8 heteroatoms. The molecule has 1 aliphatic rings. The predicted molar refractivity (Wildman–Crippen MR) is 77.8 cm³/mol. The molecular formula is C12H15FN2O3S2. The maximum atomic E-state index is 13.1. The van der Waals surface area contributed by atoms with Crippen LogP contribution in [-0.2, 0) is 9.84 Å². The van der Waals surface area contributed by atoms with Crippen molar-refractivity contribution in [2.75, 3.05) is 30.0 Å². The smallest absolute Gasteiger partial charge is 0.255 e. The Bertz CT molecular complexity index is 634. The third-order valence-electron chi connectivity index (χ3n) is 3.08. The van der Waals surface area contributed by atoms with Gasteiger partial charge in [-0.25, -0.2) is 12.8 Å². The van der Waals surface area contributed by atoms with Crippen LogP contribution in [0.1, 0.15) is 10.4 Å². The highest BCUT2D eigenvalue weighted by Gasteiger charge is 2.34. The normalized spacial score (nSPS) is 19.9. The number of carbonyl (C=O) groups excluding carboxylic acids is 1.